The molecule has 2 heterocycles. The van der Waals surface area contributed by atoms with Gasteiger partial charge in [-0.2, -0.15) is 0 Å². The zero-order valence-corrected chi connectivity index (χ0v) is 8.49. The number of tetrazole rings is 1. The Hall–Kier alpha value is -0.930. The molecule has 0 saturated carbocycles. The molecule has 0 N–H and O–H groups in total. The molecule has 0 aliphatic carbocycles. The van der Waals surface area contributed by atoms with E-state index in [4.69, 9.17) is 0 Å². The van der Waals surface area contributed by atoms with Crippen LogP contribution in [-0.4, -0.2) is 20.2 Å². The molecule has 1 atom stereocenters. The van der Waals surface area contributed by atoms with Gasteiger partial charge in [-0.15, -0.1) is 5.10 Å². The number of nitrogens with zero attached hydrogens (tertiary/aromatic N) is 4. The van der Waals surface area contributed by atoms with Crippen LogP contribution in [0.15, 0.2) is 0 Å². The summed E-state index contributed by atoms with van der Waals surface area (Å²) in [5.41, 5.74) is 0.372. The van der Waals surface area contributed by atoms with Crippen molar-refractivity contribution in [2.45, 2.75) is 40.2 Å². The maximum atomic E-state index is 4.02. The summed E-state index contributed by atoms with van der Waals surface area (Å²) in [5, 5.41) is 11.6. The summed E-state index contributed by atoms with van der Waals surface area (Å²) in [6.07, 6.45) is 2.22. The lowest BCUT2D eigenvalue weighted by molar-refractivity contribution is 0.188. The largest absolute Gasteiger partial charge is 0.230 e. The van der Waals surface area contributed by atoms with Gasteiger partial charge in [0.2, 0.25) is 0 Å². The number of aryl methyl sites for hydroxylation is 1. The molecule has 13 heavy (non-hydrogen) atoms. The fourth-order valence-electron chi connectivity index (χ4n) is 1.88. The second-order valence-electron chi connectivity index (χ2n) is 4.87. The summed E-state index contributed by atoms with van der Waals surface area (Å²) in [5.74, 6) is 1.76. The Kier molecular flexibility index (Phi) is 1.86. The molecule has 0 bridgehead atoms. The van der Waals surface area contributed by atoms with Crippen LogP contribution in [0.1, 0.15) is 33.0 Å². The molecule has 1 aromatic rings. The normalized spacial score (nSPS) is 22.8. The van der Waals surface area contributed by atoms with E-state index >= 15 is 0 Å². The van der Waals surface area contributed by atoms with Crippen molar-refractivity contribution >= 4 is 0 Å². The van der Waals surface area contributed by atoms with Crippen LogP contribution >= 0.6 is 0 Å². The highest BCUT2D eigenvalue weighted by Gasteiger charge is 2.29. The fraction of sp³-hybridized carbons (Fsp3) is 0.889. The van der Waals surface area contributed by atoms with Gasteiger partial charge in [-0.05, 0) is 28.2 Å². The molecule has 2 rings (SSSR count). The predicted molar refractivity (Wildman–Crippen MR) is 49.1 cm³/mol. The SMILES string of the molecule is CC(C)(C)C1CCn2nnnc2C1. The lowest BCUT2D eigenvalue weighted by Gasteiger charge is -2.32. The first kappa shape index (κ1) is 8.66. The zero-order chi connectivity index (χ0) is 9.47. The first-order valence-corrected chi connectivity index (χ1v) is 4.82. The van der Waals surface area contributed by atoms with Crippen molar-refractivity contribution in [2.24, 2.45) is 11.3 Å². The minimum absolute atomic E-state index is 0.372. The molecule has 0 saturated heterocycles. The number of hydrogen-bond acceptors (Lipinski definition) is 3. The van der Waals surface area contributed by atoms with E-state index in [1.807, 2.05) is 4.68 Å². The molecule has 1 aromatic heterocycles. The van der Waals surface area contributed by atoms with E-state index in [-0.39, 0.29) is 0 Å². The van der Waals surface area contributed by atoms with Crippen molar-refractivity contribution in [3.8, 4) is 0 Å². The van der Waals surface area contributed by atoms with Crippen molar-refractivity contribution in [1.29, 1.82) is 0 Å². The van der Waals surface area contributed by atoms with Gasteiger partial charge in [-0.3, -0.25) is 0 Å². The molecule has 1 aliphatic heterocycles. The molecular formula is C9H16N4. The van der Waals surface area contributed by atoms with E-state index in [9.17, 15) is 0 Å². The Bertz CT molecular complexity index is 297. The van der Waals surface area contributed by atoms with Gasteiger partial charge in [0.15, 0.2) is 5.82 Å². The first-order valence-electron chi connectivity index (χ1n) is 4.82. The topological polar surface area (TPSA) is 43.6 Å². The van der Waals surface area contributed by atoms with Crippen LogP contribution in [0.2, 0.25) is 0 Å². The van der Waals surface area contributed by atoms with Crippen molar-refractivity contribution in [3.05, 3.63) is 5.82 Å². The van der Waals surface area contributed by atoms with Gasteiger partial charge >= 0.3 is 0 Å². The lowest BCUT2D eigenvalue weighted by atomic mass is 9.75. The molecule has 72 valence electrons. The van der Waals surface area contributed by atoms with Gasteiger partial charge in [0.1, 0.15) is 0 Å². The smallest absolute Gasteiger partial charge is 0.151 e. The highest BCUT2D eigenvalue weighted by Crippen LogP contribution is 2.33. The van der Waals surface area contributed by atoms with Crippen LogP contribution in [-0.2, 0) is 13.0 Å². The molecular weight excluding hydrogens is 164 g/mol. The second kappa shape index (κ2) is 2.79. The van der Waals surface area contributed by atoms with E-state index in [1.165, 1.54) is 6.42 Å². The third-order valence-corrected chi connectivity index (χ3v) is 2.95. The van der Waals surface area contributed by atoms with Gasteiger partial charge in [0.25, 0.3) is 0 Å². The number of aromatic nitrogens is 4. The summed E-state index contributed by atoms with van der Waals surface area (Å²) in [7, 11) is 0. The Morgan fingerprint density at radius 2 is 2.15 bits per heavy atom. The van der Waals surface area contributed by atoms with E-state index in [1.54, 1.807) is 0 Å². The number of rotatable bonds is 0. The predicted octanol–water partition coefficient (Wildman–Crippen LogP) is 1.28. The molecule has 1 unspecified atom stereocenters. The minimum atomic E-state index is 0.372. The summed E-state index contributed by atoms with van der Waals surface area (Å²) in [4.78, 5) is 0. The van der Waals surface area contributed by atoms with E-state index in [2.05, 4.69) is 36.3 Å². The van der Waals surface area contributed by atoms with E-state index in [0.717, 1.165) is 18.8 Å². The van der Waals surface area contributed by atoms with Crippen LogP contribution in [0.5, 0.6) is 0 Å². The second-order valence-corrected chi connectivity index (χ2v) is 4.87. The zero-order valence-electron chi connectivity index (χ0n) is 8.49. The average Bonchev–Trinajstić information content (AvgIpc) is 2.47. The van der Waals surface area contributed by atoms with Crippen LogP contribution in [0.3, 0.4) is 0 Å². The third-order valence-electron chi connectivity index (χ3n) is 2.95. The van der Waals surface area contributed by atoms with E-state index in [0.29, 0.717) is 11.3 Å². The molecule has 0 radical (unpaired) electrons. The van der Waals surface area contributed by atoms with Gasteiger partial charge in [0, 0.05) is 13.0 Å². The van der Waals surface area contributed by atoms with Crippen LogP contribution in [0.4, 0.5) is 0 Å². The molecule has 1 aliphatic rings. The summed E-state index contributed by atoms with van der Waals surface area (Å²) in [6, 6.07) is 0. The maximum absolute atomic E-state index is 4.02. The Balaban J connectivity index is 2.18. The average molecular weight is 180 g/mol. The fourth-order valence-corrected chi connectivity index (χ4v) is 1.88. The van der Waals surface area contributed by atoms with Gasteiger partial charge in [-0.25, -0.2) is 4.68 Å². The summed E-state index contributed by atoms with van der Waals surface area (Å²) in [6.45, 7) is 7.84. The molecule has 0 fully saturated rings. The molecule has 0 amide bonds. The maximum Gasteiger partial charge on any atom is 0.151 e. The Morgan fingerprint density at radius 3 is 2.85 bits per heavy atom. The van der Waals surface area contributed by atoms with Crippen molar-refractivity contribution in [1.82, 2.24) is 20.2 Å². The van der Waals surface area contributed by atoms with Crippen molar-refractivity contribution < 1.29 is 0 Å². The van der Waals surface area contributed by atoms with Crippen LogP contribution < -0.4 is 0 Å². The Labute approximate surface area is 78.3 Å². The minimum Gasteiger partial charge on any atom is -0.230 e. The number of hydrogen-bond donors (Lipinski definition) is 0. The standard InChI is InChI=1S/C9H16N4/c1-9(2,3)7-4-5-13-8(6-7)10-11-12-13/h7H,4-6H2,1-3H3. The quantitative estimate of drug-likeness (QED) is 0.604. The van der Waals surface area contributed by atoms with Gasteiger partial charge in [0.05, 0.1) is 0 Å². The van der Waals surface area contributed by atoms with Crippen LogP contribution in [0, 0.1) is 11.3 Å². The van der Waals surface area contributed by atoms with E-state index < -0.39 is 0 Å². The third kappa shape index (κ3) is 1.57. The molecule has 0 aromatic carbocycles. The van der Waals surface area contributed by atoms with Gasteiger partial charge in [-0.1, -0.05) is 20.8 Å². The lowest BCUT2D eigenvalue weighted by Crippen LogP contribution is -2.29. The van der Waals surface area contributed by atoms with Crippen LogP contribution in [0.25, 0.3) is 0 Å². The van der Waals surface area contributed by atoms with Crippen molar-refractivity contribution in [3.63, 3.8) is 0 Å². The molecule has 4 heteroatoms. The summed E-state index contributed by atoms with van der Waals surface area (Å²) >= 11 is 0. The monoisotopic (exact) mass is 180 g/mol. The highest BCUT2D eigenvalue weighted by atomic mass is 15.5. The van der Waals surface area contributed by atoms with Gasteiger partial charge < -0.3 is 0 Å². The first-order chi connectivity index (χ1) is 6.07. The highest BCUT2D eigenvalue weighted by molar-refractivity contribution is 4.92. The Morgan fingerprint density at radius 1 is 1.38 bits per heavy atom. The van der Waals surface area contributed by atoms with Crippen molar-refractivity contribution in [2.75, 3.05) is 0 Å². The molecule has 0 spiro atoms. The molecule has 4 nitrogen and oxygen atoms in total. The summed E-state index contributed by atoms with van der Waals surface area (Å²) < 4.78 is 1.92. The number of fused-ring (bicyclic) bond motifs is 1.